The summed E-state index contributed by atoms with van der Waals surface area (Å²) >= 11 is 9.52. The maximum Gasteiger partial charge on any atom is 0.255 e. The first kappa shape index (κ1) is 16.0. The molecule has 5 heteroatoms. The molecule has 0 saturated carbocycles. The molecule has 3 nitrogen and oxygen atoms in total. The Balaban J connectivity index is 2.23. The predicted molar refractivity (Wildman–Crippen MR) is 88.6 cm³/mol. The van der Waals surface area contributed by atoms with Gasteiger partial charge in [-0.25, -0.2) is 0 Å². The second-order valence-electron chi connectivity index (χ2n) is 5.39. The van der Waals surface area contributed by atoms with Crippen molar-refractivity contribution in [3.05, 3.63) is 62.8 Å². The smallest absolute Gasteiger partial charge is 0.255 e. The highest BCUT2D eigenvalue weighted by molar-refractivity contribution is 9.10. The number of nitrogens with one attached hydrogen (secondary N) is 1. The number of hydrogen-bond acceptors (Lipinski definition) is 2. The second-order valence-corrected chi connectivity index (χ2v) is 6.71. The standard InChI is InChI=1S/C16H16BrClN2O/c1-10-8-14(18)13(9-19-10)15(21)20-16(2,3)11-4-6-12(17)7-5-11/h4-9H,1-3H3,(H,20,21). The molecule has 1 aromatic carbocycles. The van der Waals surface area contributed by atoms with Gasteiger partial charge in [0.1, 0.15) is 0 Å². The predicted octanol–water partition coefficient (Wildman–Crippen LogP) is 4.47. The van der Waals surface area contributed by atoms with Crippen molar-refractivity contribution in [1.29, 1.82) is 0 Å². The topological polar surface area (TPSA) is 42.0 Å². The first-order valence-corrected chi connectivity index (χ1v) is 7.67. The Morgan fingerprint density at radius 1 is 1.29 bits per heavy atom. The summed E-state index contributed by atoms with van der Waals surface area (Å²) in [5, 5.41) is 3.40. The van der Waals surface area contributed by atoms with E-state index < -0.39 is 5.54 Å². The fraction of sp³-hybridized carbons (Fsp3) is 0.250. The number of hydrogen-bond donors (Lipinski definition) is 1. The van der Waals surface area contributed by atoms with Crippen molar-refractivity contribution in [2.75, 3.05) is 0 Å². The van der Waals surface area contributed by atoms with Crippen LogP contribution >= 0.6 is 27.5 Å². The lowest BCUT2D eigenvalue weighted by atomic mass is 9.94. The minimum absolute atomic E-state index is 0.236. The molecular weight excluding hydrogens is 352 g/mol. The molecule has 0 atom stereocenters. The van der Waals surface area contributed by atoms with Crippen LogP contribution in [0.4, 0.5) is 0 Å². The van der Waals surface area contributed by atoms with Crippen LogP contribution < -0.4 is 5.32 Å². The molecule has 2 aromatic rings. The molecule has 1 heterocycles. The van der Waals surface area contributed by atoms with E-state index in [1.165, 1.54) is 6.20 Å². The molecule has 1 aromatic heterocycles. The summed E-state index contributed by atoms with van der Waals surface area (Å²) in [6.07, 6.45) is 1.50. The normalized spacial score (nSPS) is 11.3. The average Bonchev–Trinajstić information content (AvgIpc) is 2.38. The second kappa shape index (κ2) is 6.16. The zero-order valence-corrected chi connectivity index (χ0v) is 14.4. The van der Waals surface area contributed by atoms with E-state index in [4.69, 9.17) is 11.6 Å². The Morgan fingerprint density at radius 3 is 2.48 bits per heavy atom. The zero-order valence-electron chi connectivity index (χ0n) is 12.1. The van der Waals surface area contributed by atoms with Crippen molar-refractivity contribution in [2.45, 2.75) is 26.3 Å². The van der Waals surface area contributed by atoms with Gasteiger partial charge in [-0.05, 0) is 44.5 Å². The summed E-state index contributed by atoms with van der Waals surface area (Å²) in [6.45, 7) is 5.73. The van der Waals surface area contributed by atoms with E-state index in [0.717, 1.165) is 15.7 Å². The number of aryl methyl sites for hydroxylation is 1. The minimum Gasteiger partial charge on any atom is -0.343 e. The summed E-state index contributed by atoms with van der Waals surface area (Å²) in [4.78, 5) is 16.5. The molecule has 1 N–H and O–H groups in total. The lowest BCUT2D eigenvalue weighted by Gasteiger charge is -2.27. The van der Waals surface area contributed by atoms with Crippen molar-refractivity contribution in [1.82, 2.24) is 10.3 Å². The highest BCUT2D eigenvalue weighted by atomic mass is 79.9. The van der Waals surface area contributed by atoms with Crippen molar-refractivity contribution < 1.29 is 4.79 Å². The lowest BCUT2D eigenvalue weighted by molar-refractivity contribution is 0.0912. The summed E-state index contributed by atoms with van der Waals surface area (Å²) in [5.41, 5.74) is 1.66. The first-order valence-electron chi connectivity index (χ1n) is 6.50. The number of benzene rings is 1. The number of carbonyl (C=O) groups excluding carboxylic acids is 1. The molecule has 21 heavy (non-hydrogen) atoms. The van der Waals surface area contributed by atoms with Crippen molar-refractivity contribution >= 4 is 33.4 Å². The van der Waals surface area contributed by atoms with Crippen molar-refractivity contribution in [2.24, 2.45) is 0 Å². The molecule has 0 spiro atoms. The van der Waals surface area contributed by atoms with Gasteiger partial charge < -0.3 is 5.32 Å². The molecular formula is C16H16BrClN2O. The van der Waals surface area contributed by atoms with Gasteiger partial charge in [0.05, 0.1) is 16.1 Å². The summed E-state index contributed by atoms with van der Waals surface area (Å²) in [6, 6.07) is 9.52. The van der Waals surface area contributed by atoms with Gasteiger partial charge in [0.15, 0.2) is 0 Å². The molecule has 2 rings (SSSR count). The van der Waals surface area contributed by atoms with Gasteiger partial charge in [0.2, 0.25) is 0 Å². The van der Waals surface area contributed by atoms with Crippen LogP contribution in [0.1, 0.15) is 35.5 Å². The summed E-state index contributed by atoms with van der Waals surface area (Å²) in [5.74, 6) is -0.236. The molecule has 0 radical (unpaired) electrons. The van der Waals surface area contributed by atoms with Crippen LogP contribution in [0.5, 0.6) is 0 Å². The molecule has 0 saturated heterocycles. The number of halogens is 2. The van der Waals surface area contributed by atoms with Gasteiger partial charge >= 0.3 is 0 Å². The molecule has 0 fully saturated rings. The number of pyridine rings is 1. The van der Waals surface area contributed by atoms with Crippen molar-refractivity contribution in [3.8, 4) is 0 Å². The van der Waals surface area contributed by atoms with Crippen LogP contribution in [0.3, 0.4) is 0 Å². The van der Waals surface area contributed by atoms with Crippen LogP contribution in [-0.4, -0.2) is 10.9 Å². The maximum atomic E-state index is 12.4. The maximum absolute atomic E-state index is 12.4. The fourth-order valence-electron chi connectivity index (χ4n) is 1.98. The third-order valence-electron chi connectivity index (χ3n) is 3.23. The molecule has 1 amide bonds. The quantitative estimate of drug-likeness (QED) is 0.869. The van der Waals surface area contributed by atoms with E-state index in [2.05, 4.69) is 26.2 Å². The van der Waals surface area contributed by atoms with Gasteiger partial charge in [0.25, 0.3) is 5.91 Å². The third kappa shape index (κ3) is 3.83. The molecule has 110 valence electrons. The largest absolute Gasteiger partial charge is 0.343 e. The Hall–Kier alpha value is -1.39. The third-order valence-corrected chi connectivity index (χ3v) is 4.07. The Kier molecular flexibility index (Phi) is 4.69. The van der Waals surface area contributed by atoms with E-state index >= 15 is 0 Å². The number of rotatable bonds is 3. The number of nitrogens with zero attached hydrogens (tertiary/aromatic N) is 1. The van der Waals surface area contributed by atoms with Gasteiger partial charge in [-0.15, -0.1) is 0 Å². The van der Waals surface area contributed by atoms with E-state index in [1.807, 2.05) is 45.0 Å². The Morgan fingerprint density at radius 2 is 1.90 bits per heavy atom. The van der Waals surface area contributed by atoms with Gasteiger partial charge in [-0.3, -0.25) is 9.78 Å². The molecule has 0 unspecified atom stereocenters. The number of carbonyl (C=O) groups is 1. The van der Waals surface area contributed by atoms with Crippen LogP contribution in [0, 0.1) is 6.92 Å². The van der Waals surface area contributed by atoms with Crippen LogP contribution in [0.15, 0.2) is 41.0 Å². The first-order chi connectivity index (χ1) is 9.79. The monoisotopic (exact) mass is 366 g/mol. The van der Waals surface area contributed by atoms with Crippen LogP contribution in [-0.2, 0) is 5.54 Å². The molecule has 0 aliphatic heterocycles. The lowest BCUT2D eigenvalue weighted by Crippen LogP contribution is -2.41. The SMILES string of the molecule is Cc1cc(Cl)c(C(=O)NC(C)(C)c2ccc(Br)cc2)cn1. The summed E-state index contributed by atoms with van der Waals surface area (Å²) < 4.78 is 0.999. The van der Waals surface area contributed by atoms with E-state index in [1.54, 1.807) is 6.07 Å². The number of aromatic nitrogens is 1. The minimum atomic E-state index is -0.508. The Bertz CT molecular complexity index is 668. The highest BCUT2D eigenvalue weighted by Crippen LogP contribution is 2.24. The summed E-state index contributed by atoms with van der Waals surface area (Å²) in [7, 11) is 0. The molecule has 0 bridgehead atoms. The van der Waals surface area contributed by atoms with Crippen LogP contribution in [0.2, 0.25) is 5.02 Å². The molecule has 0 aliphatic carbocycles. The average molecular weight is 368 g/mol. The van der Waals surface area contributed by atoms with Gasteiger partial charge in [-0.2, -0.15) is 0 Å². The van der Waals surface area contributed by atoms with Crippen LogP contribution in [0.25, 0.3) is 0 Å². The van der Waals surface area contributed by atoms with E-state index in [-0.39, 0.29) is 5.91 Å². The zero-order chi connectivity index (χ0) is 15.6. The van der Waals surface area contributed by atoms with Crippen molar-refractivity contribution in [3.63, 3.8) is 0 Å². The highest BCUT2D eigenvalue weighted by Gasteiger charge is 2.24. The van der Waals surface area contributed by atoms with Gasteiger partial charge in [-0.1, -0.05) is 39.7 Å². The van der Waals surface area contributed by atoms with E-state index in [0.29, 0.717) is 10.6 Å². The molecule has 0 aliphatic rings. The fourth-order valence-corrected chi connectivity index (χ4v) is 2.54. The van der Waals surface area contributed by atoms with Gasteiger partial charge in [0, 0.05) is 16.4 Å². The van der Waals surface area contributed by atoms with E-state index in [9.17, 15) is 4.79 Å². The Labute approximate surface area is 137 Å². The number of amides is 1.